The molecule has 1 amide bonds. The third kappa shape index (κ3) is 3.24. The summed E-state index contributed by atoms with van der Waals surface area (Å²) < 4.78 is 37.5. The van der Waals surface area contributed by atoms with Crippen molar-refractivity contribution in [3.63, 3.8) is 0 Å². The fourth-order valence-electron chi connectivity index (χ4n) is 2.07. The van der Waals surface area contributed by atoms with E-state index in [1.165, 1.54) is 16.2 Å². The molecule has 0 unspecified atom stereocenters. The van der Waals surface area contributed by atoms with Crippen LogP contribution in [0, 0.1) is 5.92 Å². The van der Waals surface area contributed by atoms with Crippen molar-refractivity contribution in [1.29, 1.82) is 0 Å². The highest BCUT2D eigenvalue weighted by atomic mass is 32.1. The van der Waals surface area contributed by atoms with Gasteiger partial charge in [-0.25, -0.2) is 4.98 Å². The largest absolute Gasteiger partial charge is 0.391 e. The fraction of sp³-hybridized carbons (Fsp3) is 0.636. The van der Waals surface area contributed by atoms with Gasteiger partial charge in [0.1, 0.15) is 10.7 Å². The lowest BCUT2D eigenvalue weighted by Crippen LogP contribution is -2.42. The maximum Gasteiger partial charge on any atom is 0.391 e. The number of rotatable bonds is 2. The van der Waals surface area contributed by atoms with Gasteiger partial charge < -0.3 is 10.6 Å². The highest BCUT2D eigenvalue weighted by molar-refractivity contribution is 7.09. The van der Waals surface area contributed by atoms with Gasteiger partial charge in [-0.3, -0.25) is 4.79 Å². The number of amides is 1. The second-order valence-corrected chi connectivity index (χ2v) is 5.38. The average Bonchev–Trinajstić information content (AvgIpc) is 2.86. The van der Waals surface area contributed by atoms with E-state index in [1.54, 1.807) is 5.38 Å². The van der Waals surface area contributed by atoms with Crippen LogP contribution in [0.3, 0.4) is 0 Å². The highest BCUT2D eigenvalue weighted by Crippen LogP contribution is 2.34. The summed E-state index contributed by atoms with van der Waals surface area (Å²) >= 11 is 1.28. The smallest absolute Gasteiger partial charge is 0.337 e. The summed E-state index contributed by atoms with van der Waals surface area (Å²) in [6.07, 6.45) is -4.24. The maximum absolute atomic E-state index is 12.5. The number of alkyl halides is 3. The zero-order valence-electron chi connectivity index (χ0n) is 10.1. The van der Waals surface area contributed by atoms with E-state index in [1.807, 2.05) is 0 Å². The first-order chi connectivity index (χ1) is 8.91. The topological polar surface area (TPSA) is 59.2 Å². The van der Waals surface area contributed by atoms with Gasteiger partial charge in [-0.05, 0) is 12.8 Å². The number of piperidine rings is 1. The minimum atomic E-state index is -4.16. The van der Waals surface area contributed by atoms with E-state index in [4.69, 9.17) is 5.73 Å². The van der Waals surface area contributed by atoms with E-state index < -0.39 is 12.1 Å². The summed E-state index contributed by atoms with van der Waals surface area (Å²) in [5.41, 5.74) is 5.68. The molecule has 2 rings (SSSR count). The monoisotopic (exact) mass is 293 g/mol. The van der Waals surface area contributed by atoms with Gasteiger partial charge in [0, 0.05) is 25.0 Å². The van der Waals surface area contributed by atoms with Crippen LogP contribution in [0.2, 0.25) is 0 Å². The summed E-state index contributed by atoms with van der Waals surface area (Å²) in [4.78, 5) is 17.5. The molecule has 1 aliphatic heterocycles. The fourth-order valence-corrected chi connectivity index (χ4v) is 2.72. The summed E-state index contributed by atoms with van der Waals surface area (Å²) in [5.74, 6) is -1.61. The van der Waals surface area contributed by atoms with Crippen molar-refractivity contribution in [2.45, 2.75) is 25.6 Å². The molecule has 2 N–H and O–H groups in total. The van der Waals surface area contributed by atoms with Crippen LogP contribution in [-0.4, -0.2) is 35.1 Å². The van der Waals surface area contributed by atoms with Gasteiger partial charge in [0.25, 0.3) is 5.91 Å². The number of aromatic nitrogens is 1. The van der Waals surface area contributed by atoms with Crippen molar-refractivity contribution in [3.05, 3.63) is 16.1 Å². The molecule has 4 nitrogen and oxygen atoms in total. The number of carbonyl (C=O) groups excluding carboxylic acids is 1. The molecule has 19 heavy (non-hydrogen) atoms. The molecule has 0 bridgehead atoms. The quantitative estimate of drug-likeness (QED) is 0.907. The van der Waals surface area contributed by atoms with Crippen LogP contribution in [0.15, 0.2) is 5.38 Å². The number of likely N-dealkylation sites (tertiary alicyclic amines) is 1. The summed E-state index contributed by atoms with van der Waals surface area (Å²) in [6, 6.07) is 0. The minimum absolute atomic E-state index is 0.0386. The Labute approximate surface area is 112 Å². The molecule has 1 saturated heterocycles. The standard InChI is InChI=1S/C11H14F3N3OS/c12-11(13,14)7-1-3-17(4-2-7)10(18)8-6-19-9(5-15)16-8/h6-7H,1-5,15H2. The molecule has 0 aliphatic carbocycles. The molecule has 1 aromatic rings. The van der Waals surface area contributed by atoms with Crippen LogP contribution in [0.1, 0.15) is 28.3 Å². The summed E-state index contributed by atoms with van der Waals surface area (Å²) in [5, 5.41) is 2.24. The van der Waals surface area contributed by atoms with E-state index in [0.29, 0.717) is 5.01 Å². The van der Waals surface area contributed by atoms with Crippen molar-refractivity contribution in [3.8, 4) is 0 Å². The summed E-state index contributed by atoms with van der Waals surface area (Å²) in [7, 11) is 0. The molecule has 0 atom stereocenters. The highest BCUT2D eigenvalue weighted by Gasteiger charge is 2.41. The number of nitrogens with two attached hydrogens (primary N) is 1. The number of hydrogen-bond acceptors (Lipinski definition) is 4. The Morgan fingerprint density at radius 2 is 2.11 bits per heavy atom. The Hall–Kier alpha value is -1.15. The molecule has 1 aromatic heterocycles. The van der Waals surface area contributed by atoms with Crippen LogP contribution in [-0.2, 0) is 6.54 Å². The van der Waals surface area contributed by atoms with Crippen molar-refractivity contribution >= 4 is 17.2 Å². The molecule has 0 radical (unpaired) electrons. The lowest BCUT2D eigenvalue weighted by Gasteiger charge is -2.32. The predicted octanol–water partition coefficient (Wildman–Crippen LogP) is 2.02. The SMILES string of the molecule is NCc1nc(C(=O)N2CCC(C(F)(F)F)CC2)cs1. The van der Waals surface area contributed by atoms with Gasteiger partial charge in [0.2, 0.25) is 0 Å². The molecular weight excluding hydrogens is 279 g/mol. The lowest BCUT2D eigenvalue weighted by atomic mass is 9.96. The Bertz CT molecular complexity index is 452. The normalized spacial score (nSPS) is 17.8. The van der Waals surface area contributed by atoms with Crippen LogP contribution >= 0.6 is 11.3 Å². The average molecular weight is 293 g/mol. The van der Waals surface area contributed by atoms with Gasteiger partial charge in [0.05, 0.1) is 5.92 Å². The molecule has 1 fully saturated rings. The van der Waals surface area contributed by atoms with Crippen molar-refractivity contribution < 1.29 is 18.0 Å². The lowest BCUT2D eigenvalue weighted by molar-refractivity contribution is -0.183. The van der Waals surface area contributed by atoms with Gasteiger partial charge in [-0.15, -0.1) is 11.3 Å². The summed E-state index contributed by atoms with van der Waals surface area (Å²) in [6.45, 7) is 0.505. The molecular formula is C11H14F3N3OS. The zero-order chi connectivity index (χ0) is 14.0. The van der Waals surface area contributed by atoms with E-state index >= 15 is 0 Å². The van der Waals surface area contributed by atoms with E-state index in [-0.39, 0.29) is 44.1 Å². The first-order valence-corrected chi connectivity index (χ1v) is 6.80. The van der Waals surface area contributed by atoms with Crippen LogP contribution in [0.25, 0.3) is 0 Å². The van der Waals surface area contributed by atoms with Crippen LogP contribution in [0.5, 0.6) is 0 Å². The van der Waals surface area contributed by atoms with E-state index in [2.05, 4.69) is 4.98 Å². The Balaban J connectivity index is 1.96. The number of nitrogens with zero attached hydrogens (tertiary/aromatic N) is 2. The van der Waals surface area contributed by atoms with Gasteiger partial charge >= 0.3 is 6.18 Å². The van der Waals surface area contributed by atoms with Crippen molar-refractivity contribution in [1.82, 2.24) is 9.88 Å². The molecule has 106 valence electrons. The number of halogens is 3. The molecule has 0 aromatic carbocycles. The predicted molar refractivity (Wildman–Crippen MR) is 64.7 cm³/mol. The molecule has 1 aliphatic rings. The van der Waals surface area contributed by atoms with Gasteiger partial charge in [0.15, 0.2) is 0 Å². The number of carbonyl (C=O) groups is 1. The number of hydrogen-bond donors (Lipinski definition) is 1. The first kappa shape index (κ1) is 14.3. The molecule has 2 heterocycles. The first-order valence-electron chi connectivity index (χ1n) is 5.92. The van der Waals surface area contributed by atoms with Gasteiger partial charge in [-0.2, -0.15) is 13.2 Å². The second kappa shape index (κ2) is 5.46. The molecule has 0 saturated carbocycles. The third-order valence-corrected chi connectivity index (χ3v) is 4.06. The minimum Gasteiger partial charge on any atom is -0.337 e. The van der Waals surface area contributed by atoms with E-state index in [0.717, 1.165) is 0 Å². The number of thiazole rings is 1. The maximum atomic E-state index is 12.5. The Morgan fingerprint density at radius 1 is 1.47 bits per heavy atom. The van der Waals surface area contributed by atoms with E-state index in [9.17, 15) is 18.0 Å². The Kier molecular flexibility index (Phi) is 4.10. The third-order valence-electron chi connectivity index (χ3n) is 3.19. The van der Waals surface area contributed by atoms with Crippen LogP contribution in [0.4, 0.5) is 13.2 Å². The molecule has 0 spiro atoms. The van der Waals surface area contributed by atoms with Crippen molar-refractivity contribution in [2.24, 2.45) is 11.7 Å². The van der Waals surface area contributed by atoms with Gasteiger partial charge in [-0.1, -0.05) is 0 Å². The molecule has 8 heteroatoms. The van der Waals surface area contributed by atoms with Crippen molar-refractivity contribution in [2.75, 3.05) is 13.1 Å². The van der Waals surface area contributed by atoms with Crippen LogP contribution < -0.4 is 5.73 Å². The Morgan fingerprint density at radius 3 is 2.58 bits per heavy atom. The second-order valence-electron chi connectivity index (χ2n) is 4.44. The zero-order valence-corrected chi connectivity index (χ0v) is 10.9.